The number of para-hydroxylation sites is 1. The highest BCUT2D eigenvalue weighted by molar-refractivity contribution is 7.99. The first-order valence-electron chi connectivity index (χ1n) is 7.70. The van der Waals surface area contributed by atoms with E-state index in [4.69, 9.17) is 0 Å². The third-order valence-electron chi connectivity index (χ3n) is 4.24. The lowest BCUT2D eigenvalue weighted by Gasteiger charge is -2.23. The van der Waals surface area contributed by atoms with E-state index >= 15 is 0 Å². The Hall–Kier alpha value is -1.00. The molecule has 3 atom stereocenters. The van der Waals surface area contributed by atoms with Gasteiger partial charge in [-0.3, -0.25) is 4.79 Å². The summed E-state index contributed by atoms with van der Waals surface area (Å²) in [6, 6.07) is 10.6. The van der Waals surface area contributed by atoms with Crippen LogP contribution in [0.2, 0.25) is 0 Å². The standard InChI is InChI=1S/C17H26N2OS/c1-13(18-14-9-10-16(12-14)21-3)11-17(20)19(2)15-7-5-4-6-8-15/h4-8,13-14,16,18H,9-12H2,1-3H3/t13-,14-,16-/m1/s1. The van der Waals surface area contributed by atoms with Gasteiger partial charge < -0.3 is 10.2 Å². The number of amides is 1. The average molecular weight is 306 g/mol. The van der Waals surface area contributed by atoms with Gasteiger partial charge in [0.25, 0.3) is 0 Å². The largest absolute Gasteiger partial charge is 0.315 e. The molecular formula is C17H26N2OS. The summed E-state index contributed by atoms with van der Waals surface area (Å²) in [5.41, 5.74) is 0.956. The van der Waals surface area contributed by atoms with E-state index in [0.29, 0.717) is 12.5 Å². The highest BCUT2D eigenvalue weighted by atomic mass is 32.2. The van der Waals surface area contributed by atoms with Crippen LogP contribution in [0.25, 0.3) is 0 Å². The van der Waals surface area contributed by atoms with Crippen molar-refractivity contribution in [2.75, 3.05) is 18.2 Å². The number of nitrogens with zero attached hydrogens (tertiary/aromatic N) is 1. The maximum absolute atomic E-state index is 12.3. The first-order chi connectivity index (χ1) is 10.1. The van der Waals surface area contributed by atoms with E-state index < -0.39 is 0 Å². The fourth-order valence-electron chi connectivity index (χ4n) is 2.96. The van der Waals surface area contributed by atoms with Gasteiger partial charge in [0.05, 0.1) is 0 Å². The van der Waals surface area contributed by atoms with Gasteiger partial charge in [-0.15, -0.1) is 0 Å². The van der Waals surface area contributed by atoms with Gasteiger partial charge >= 0.3 is 0 Å². The number of hydrogen-bond acceptors (Lipinski definition) is 3. The molecule has 1 aliphatic rings. The van der Waals surface area contributed by atoms with Gasteiger partial charge in [-0.1, -0.05) is 18.2 Å². The molecule has 2 rings (SSSR count). The number of benzene rings is 1. The van der Waals surface area contributed by atoms with E-state index in [-0.39, 0.29) is 11.9 Å². The highest BCUT2D eigenvalue weighted by Crippen LogP contribution is 2.28. The maximum atomic E-state index is 12.3. The molecule has 1 aromatic rings. The van der Waals surface area contributed by atoms with E-state index in [9.17, 15) is 4.79 Å². The normalized spacial score (nSPS) is 23.0. The van der Waals surface area contributed by atoms with Gasteiger partial charge in [-0.05, 0) is 44.6 Å². The molecule has 1 amide bonds. The van der Waals surface area contributed by atoms with E-state index in [2.05, 4.69) is 18.5 Å². The summed E-state index contributed by atoms with van der Waals surface area (Å²) >= 11 is 1.96. The zero-order valence-electron chi connectivity index (χ0n) is 13.2. The van der Waals surface area contributed by atoms with Crippen molar-refractivity contribution < 1.29 is 4.79 Å². The second kappa shape index (κ2) is 7.85. The molecule has 1 fully saturated rings. The molecule has 116 valence electrons. The molecule has 21 heavy (non-hydrogen) atoms. The third kappa shape index (κ3) is 4.75. The van der Waals surface area contributed by atoms with Crippen LogP contribution in [-0.4, -0.2) is 36.5 Å². The molecule has 4 heteroatoms. The summed E-state index contributed by atoms with van der Waals surface area (Å²) in [4.78, 5) is 14.1. The Bertz CT molecular complexity index is 451. The van der Waals surface area contributed by atoms with Crippen LogP contribution in [0.3, 0.4) is 0 Å². The average Bonchev–Trinajstić information content (AvgIpc) is 2.94. The third-order valence-corrected chi connectivity index (χ3v) is 5.33. The van der Waals surface area contributed by atoms with Crippen molar-refractivity contribution in [3.05, 3.63) is 30.3 Å². The molecule has 0 saturated heterocycles. The quantitative estimate of drug-likeness (QED) is 0.875. The molecule has 1 aliphatic carbocycles. The molecule has 0 spiro atoms. The Morgan fingerprint density at radius 2 is 2.10 bits per heavy atom. The number of rotatable bonds is 6. The predicted molar refractivity (Wildman–Crippen MR) is 92.0 cm³/mol. The van der Waals surface area contributed by atoms with Gasteiger partial charge in [0.1, 0.15) is 0 Å². The number of nitrogens with one attached hydrogen (secondary N) is 1. The monoisotopic (exact) mass is 306 g/mol. The van der Waals surface area contributed by atoms with E-state index in [0.717, 1.165) is 10.9 Å². The molecule has 1 N–H and O–H groups in total. The Morgan fingerprint density at radius 1 is 1.38 bits per heavy atom. The van der Waals surface area contributed by atoms with Gasteiger partial charge in [0.2, 0.25) is 5.91 Å². The van der Waals surface area contributed by atoms with Crippen molar-refractivity contribution >= 4 is 23.4 Å². The smallest absolute Gasteiger partial charge is 0.228 e. The predicted octanol–water partition coefficient (Wildman–Crippen LogP) is 3.30. The summed E-state index contributed by atoms with van der Waals surface area (Å²) in [6.45, 7) is 2.11. The number of thioether (sulfide) groups is 1. The molecule has 0 bridgehead atoms. The Balaban J connectivity index is 1.79. The van der Waals surface area contributed by atoms with E-state index in [1.807, 2.05) is 49.1 Å². The van der Waals surface area contributed by atoms with Gasteiger partial charge in [-0.25, -0.2) is 0 Å². The zero-order chi connectivity index (χ0) is 15.2. The number of carbonyl (C=O) groups is 1. The van der Waals surface area contributed by atoms with Gasteiger partial charge in [-0.2, -0.15) is 11.8 Å². The molecule has 0 aliphatic heterocycles. The fourth-order valence-corrected chi connectivity index (χ4v) is 3.76. The summed E-state index contributed by atoms with van der Waals surface area (Å²) in [6.07, 6.45) is 6.50. The molecule has 1 saturated carbocycles. The molecule has 0 radical (unpaired) electrons. The van der Waals surface area contributed by atoms with E-state index in [1.54, 1.807) is 4.90 Å². The van der Waals surface area contributed by atoms with Crippen LogP contribution in [-0.2, 0) is 4.79 Å². The van der Waals surface area contributed by atoms with Crippen molar-refractivity contribution in [2.24, 2.45) is 0 Å². The molecule has 0 aromatic heterocycles. The minimum absolute atomic E-state index is 0.167. The lowest BCUT2D eigenvalue weighted by Crippen LogP contribution is -2.39. The zero-order valence-corrected chi connectivity index (χ0v) is 14.0. The second-order valence-electron chi connectivity index (χ2n) is 5.93. The van der Waals surface area contributed by atoms with Crippen molar-refractivity contribution in [3.63, 3.8) is 0 Å². The SMILES string of the molecule is CS[C@@H]1CC[C@@H](N[C@H](C)CC(=O)N(C)c2ccccc2)C1. The van der Waals surface area contributed by atoms with Crippen molar-refractivity contribution in [1.82, 2.24) is 5.32 Å². The van der Waals surface area contributed by atoms with Crippen LogP contribution >= 0.6 is 11.8 Å². The summed E-state index contributed by atoms with van der Waals surface area (Å²) in [5, 5.41) is 4.41. The first-order valence-corrected chi connectivity index (χ1v) is 8.99. The number of anilines is 1. The first kappa shape index (κ1) is 16.4. The molecule has 0 unspecified atom stereocenters. The molecule has 0 heterocycles. The van der Waals surface area contributed by atoms with Crippen molar-refractivity contribution in [3.8, 4) is 0 Å². The fraction of sp³-hybridized carbons (Fsp3) is 0.588. The van der Waals surface area contributed by atoms with Crippen LogP contribution in [0.1, 0.15) is 32.6 Å². The lowest BCUT2D eigenvalue weighted by molar-refractivity contribution is -0.118. The molecule has 3 nitrogen and oxygen atoms in total. The van der Waals surface area contributed by atoms with E-state index in [1.165, 1.54) is 19.3 Å². The summed E-state index contributed by atoms with van der Waals surface area (Å²) in [7, 11) is 1.85. The van der Waals surface area contributed by atoms with Gasteiger partial charge in [0, 0.05) is 36.5 Å². The summed E-state index contributed by atoms with van der Waals surface area (Å²) < 4.78 is 0. The Morgan fingerprint density at radius 3 is 2.71 bits per heavy atom. The van der Waals surface area contributed by atoms with Crippen molar-refractivity contribution in [2.45, 2.75) is 49.9 Å². The van der Waals surface area contributed by atoms with Crippen LogP contribution < -0.4 is 10.2 Å². The van der Waals surface area contributed by atoms with Crippen LogP contribution in [0.15, 0.2) is 30.3 Å². The topological polar surface area (TPSA) is 32.3 Å². The van der Waals surface area contributed by atoms with Crippen LogP contribution in [0, 0.1) is 0 Å². The maximum Gasteiger partial charge on any atom is 0.228 e. The molecule has 1 aromatic carbocycles. The number of hydrogen-bond donors (Lipinski definition) is 1. The highest BCUT2D eigenvalue weighted by Gasteiger charge is 2.25. The number of carbonyl (C=O) groups excluding carboxylic acids is 1. The lowest BCUT2D eigenvalue weighted by atomic mass is 10.1. The van der Waals surface area contributed by atoms with Crippen molar-refractivity contribution in [1.29, 1.82) is 0 Å². The molecular weight excluding hydrogens is 280 g/mol. The van der Waals surface area contributed by atoms with Gasteiger partial charge in [0.15, 0.2) is 0 Å². The van der Waals surface area contributed by atoms with Crippen LogP contribution in [0.4, 0.5) is 5.69 Å². The second-order valence-corrected chi connectivity index (χ2v) is 7.07. The minimum Gasteiger partial charge on any atom is -0.315 e. The Kier molecular flexibility index (Phi) is 6.12. The summed E-state index contributed by atoms with van der Waals surface area (Å²) in [5.74, 6) is 0.167. The van der Waals surface area contributed by atoms with Crippen LogP contribution in [0.5, 0.6) is 0 Å². The minimum atomic E-state index is 0.167. The Labute approximate surface area is 132 Å².